The van der Waals surface area contributed by atoms with Gasteiger partial charge in [0.15, 0.2) is 11.6 Å². The van der Waals surface area contributed by atoms with Crippen molar-refractivity contribution in [1.82, 2.24) is 0 Å². The molecule has 2 aromatic rings. The van der Waals surface area contributed by atoms with E-state index in [0.29, 0.717) is 19.6 Å². The average molecular weight is 378 g/mol. The van der Waals surface area contributed by atoms with Crippen molar-refractivity contribution in [3.05, 3.63) is 68.3 Å². The van der Waals surface area contributed by atoms with Crippen LogP contribution >= 0.6 is 0 Å². The molecule has 0 amide bonds. The van der Waals surface area contributed by atoms with Gasteiger partial charge in [-0.25, -0.2) is 8.78 Å². The summed E-state index contributed by atoms with van der Waals surface area (Å²) in [5, 5.41) is 21.5. The van der Waals surface area contributed by atoms with Crippen LogP contribution < -0.4 is 9.80 Å². The predicted octanol–water partition coefficient (Wildman–Crippen LogP) is 3.50. The highest BCUT2D eigenvalue weighted by Gasteiger charge is 2.28. The zero-order valence-corrected chi connectivity index (χ0v) is 14.3. The van der Waals surface area contributed by atoms with Crippen LogP contribution in [-0.2, 0) is 0 Å². The smallest absolute Gasteiger partial charge is 0.272 e. The molecule has 0 N–H and O–H groups in total. The number of piperazine rings is 1. The summed E-state index contributed by atoms with van der Waals surface area (Å²) >= 11 is 0. The largest absolute Gasteiger partial charge is 0.365 e. The van der Waals surface area contributed by atoms with Gasteiger partial charge in [-0.3, -0.25) is 20.2 Å². The summed E-state index contributed by atoms with van der Waals surface area (Å²) in [4.78, 5) is 23.7. The second-order valence-corrected chi connectivity index (χ2v) is 6.27. The Labute approximate surface area is 152 Å². The number of nitrogens with zero attached hydrogens (tertiary/aromatic N) is 4. The van der Waals surface area contributed by atoms with Gasteiger partial charge < -0.3 is 9.80 Å². The van der Waals surface area contributed by atoms with Crippen molar-refractivity contribution in [2.24, 2.45) is 0 Å². The Balaban J connectivity index is 1.78. The highest BCUT2D eigenvalue weighted by Crippen LogP contribution is 2.30. The number of nitro benzene ring substituents is 2. The minimum Gasteiger partial charge on any atom is -0.365 e. The van der Waals surface area contributed by atoms with Crippen molar-refractivity contribution in [2.75, 3.05) is 29.4 Å². The number of hydrogen-bond donors (Lipinski definition) is 0. The zero-order chi connectivity index (χ0) is 19.7. The molecule has 2 aromatic carbocycles. The van der Waals surface area contributed by atoms with E-state index in [1.54, 1.807) is 9.80 Å². The van der Waals surface area contributed by atoms with Crippen LogP contribution in [0.25, 0.3) is 0 Å². The van der Waals surface area contributed by atoms with Gasteiger partial charge in [-0.05, 0) is 19.1 Å². The molecule has 0 radical (unpaired) electrons. The SMILES string of the molecule is C[C@H]1CN(c2ccc([N+](=O)[O-])cc2F)CCN1c1ccc([N+](=O)[O-])cc1F. The fourth-order valence-electron chi connectivity index (χ4n) is 3.24. The Bertz CT molecular complexity index is 908. The zero-order valence-electron chi connectivity index (χ0n) is 14.3. The first kappa shape index (κ1) is 18.5. The summed E-state index contributed by atoms with van der Waals surface area (Å²) < 4.78 is 28.5. The van der Waals surface area contributed by atoms with E-state index < -0.39 is 21.5 Å². The Morgan fingerprint density at radius 1 is 0.926 bits per heavy atom. The molecule has 10 heteroatoms. The van der Waals surface area contributed by atoms with Gasteiger partial charge in [0.05, 0.1) is 33.4 Å². The molecule has 1 heterocycles. The van der Waals surface area contributed by atoms with Gasteiger partial charge in [0, 0.05) is 37.8 Å². The molecular weight excluding hydrogens is 362 g/mol. The van der Waals surface area contributed by atoms with Crippen molar-refractivity contribution < 1.29 is 18.6 Å². The maximum Gasteiger partial charge on any atom is 0.272 e. The summed E-state index contributed by atoms with van der Waals surface area (Å²) in [6.07, 6.45) is 0. The lowest BCUT2D eigenvalue weighted by atomic mass is 10.1. The molecule has 0 aliphatic carbocycles. The van der Waals surface area contributed by atoms with Gasteiger partial charge in [0.2, 0.25) is 0 Å². The van der Waals surface area contributed by atoms with Crippen molar-refractivity contribution in [2.45, 2.75) is 13.0 Å². The average Bonchev–Trinajstić information content (AvgIpc) is 2.61. The first-order valence-electron chi connectivity index (χ1n) is 8.17. The van der Waals surface area contributed by atoms with Crippen molar-refractivity contribution in [3.63, 3.8) is 0 Å². The van der Waals surface area contributed by atoms with Crippen LogP contribution in [0.3, 0.4) is 0 Å². The van der Waals surface area contributed by atoms with Gasteiger partial charge in [-0.1, -0.05) is 0 Å². The molecule has 1 aliphatic rings. The van der Waals surface area contributed by atoms with Crippen LogP contribution in [0, 0.1) is 31.9 Å². The predicted molar refractivity (Wildman–Crippen MR) is 95.1 cm³/mol. The van der Waals surface area contributed by atoms with E-state index in [9.17, 15) is 29.0 Å². The van der Waals surface area contributed by atoms with Crippen LogP contribution in [0.4, 0.5) is 31.5 Å². The number of hydrogen-bond acceptors (Lipinski definition) is 6. The fraction of sp³-hybridized carbons (Fsp3) is 0.294. The molecule has 8 nitrogen and oxygen atoms in total. The van der Waals surface area contributed by atoms with Gasteiger partial charge in [-0.2, -0.15) is 0 Å². The first-order chi connectivity index (χ1) is 12.8. The number of anilines is 2. The minimum absolute atomic E-state index is 0.204. The number of rotatable bonds is 4. The number of benzene rings is 2. The topological polar surface area (TPSA) is 92.8 Å². The second-order valence-electron chi connectivity index (χ2n) is 6.27. The molecule has 1 fully saturated rings. The van der Waals surface area contributed by atoms with E-state index in [-0.39, 0.29) is 28.8 Å². The Hall–Kier alpha value is -3.30. The van der Waals surface area contributed by atoms with E-state index in [1.165, 1.54) is 24.3 Å². The standard InChI is InChI=1S/C17H16F2N4O4/c1-11-10-20(16-4-2-12(22(24)25)8-14(16)18)6-7-21(11)17-5-3-13(23(26)27)9-15(17)19/h2-5,8-9,11H,6-7,10H2,1H3/t11-/m0/s1. The van der Waals surface area contributed by atoms with Crippen LogP contribution in [0.5, 0.6) is 0 Å². The van der Waals surface area contributed by atoms with Crippen molar-refractivity contribution >= 4 is 22.7 Å². The molecule has 0 spiro atoms. The third-order valence-electron chi connectivity index (χ3n) is 4.56. The van der Waals surface area contributed by atoms with E-state index in [4.69, 9.17) is 0 Å². The Kier molecular flexibility index (Phi) is 4.89. The van der Waals surface area contributed by atoms with Gasteiger partial charge in [-0.15, -0.1) is 0 Å². The maximum atomic E-state index is 14.3. The molecule has 0 saturated carbocycles. The van der Waals surface area contributed by atoms with Gasteiger partial charge >= 0.3 is 0 Å². The minimum atomic E-state index is -0.689. The monoisotopic (exact) mass is 378 g/mol. The Morgan fingerprint density at radius 2 is 1.44 bits per heavy atom. The molecule has 1 atom stereocenters. The van der Waals surface area contributed by atoms with Crippen LogP contribution in [0.2, 0.25) is 0 Å². The molecule has 0 aromatic heterocycles. The normalized spacial score (nSPS) is 17.1. The number of halogens is 2. The van der Waals surface area contributed by atoms with E-state index in [0.717, 1.165) is 12.1 Å². The summed E-state index contributed by atoms with van der Waals surface area (Å²) in [5.41, 5.74) is -0.153. The molecule has 3 rings (SSSR count). The lowest BCUT2D eigenvalue weighted by Crippen LogP contribution is -2.52. The van der Waals surface area contributed by atoms with Crippen LogP contribution in [0.15, 0.2) is 36.4 Å². The van der Waals surface area contributed by atoms with Crippen LogP contribution in [0.1, 0.15) is 6.92 Å². The maximum absolute atomic E-state index is 14.3. The number of non-ortho nitro benzene ring substituents is 2. The van der Waals surface area contributed by atoms with Crippen molar-refractivity contribution in [1.29, 1.82) is 0 Å². The van der Waals surface area contributed by atoms with Gasteiger partial charge in [0.1, 0.15) is 0 Å². The van der Waals surface area contributed by atoms with E-state index in [2.05, 4.69) is 0 Å². The van der Waals surface area contributed by atoms with E-state index in [1.807, 2.05) is 6.92 Å². The van der Waals surface area contributed by atoms with Gasteiger partial charge in [0.25, 0.3) is 11.4 Å². The molecule has 142 valence electrons. The highest BCUT2D eigenvalue weighted by atomic mass is 19.1. The highest BCUT2D eigenvalue weighted by molar-refractivity contribution is 5.57. The molecule has 27 heavy (non-hydrogen) atoms. The third-order valence-corrected chi connectivity index (χ3v) is 4.56. The summed E-state index contributed by atoms with van der Waals surface area (Å²) in [7, 11) is 0. The molecule has 0 bridgehead atoms. The summed E-state index contributed by atoms with van der Waals surface area (Å²) in [6, 6.07) is 6.77. The molecule has 1 saturated heterocycles. The first-order valence-corrected chi connectivity index (χ1v) is 8.17. The van der Waals surface area contributed by atoms with E-state index >= 15 is 0 Å². The fourth-order valence-corrected chi connectivity index (χ4v) is 3.24. The second kappa shape index (κ2) is 7.14. The number of nitro groups is 2. The molecule has 0 unspecified atom stereocenters. The Morgan fingerprint density at radius 3 is 1.89 bits per heavy atom. The van der Waals surface area contributed by atoms with Crippen LogP contribution in [-0.4, -0.2) is 35.5 Å². The lowest BCUT2D eigenvalue weighted by molar-refractivity contribution is -0.385. The quantitative estimate of drug-likeness (QED) is 0.597. The summed E-state index contributed by atoms with van der Waals surface area (Å²) in [5.74, 6) is -1.38. The summed E-state index contributed by atoms with van der Waals surface area (Å²) in [6.45, 7) is 2.93. The van der Waals surface area contributed by atoms with Crippen molar-refractivity contribution in [3.8, 4) is 0 Å². The molecular formula is C17H16F2N4O4. The third kappa shape index (κ3) is 3.64. The lowest BCUT2D eigenvalue weighted by Gasteiger charge is -2.42. The molecule has 1 aliphatic heterocycles.